The lowest BCUT2D eigenvalue weighted by molar-refractivity contribution is -0.109. The molecule has 1 unspecified atom stereocenters. The van der Waals surface area contributed by atoms with Gasteiger partial charge in [0.1, 0.15) is 12.0 Å². The van der Waals surface area contributed by atoms with Crippen LogP contribution in [0.25, 0.3) is 0 Å². The Morgan fingerprint density at radius 2 is 2.56 bits per heavy atom. The van der Waals surface area contributed by atoms with Crippen LogP contribution in [0.2, 0.25) is 0 Å². The molecule has 1 N–H and O–H groups in total. The van der Waals surface area contributed by atoms with Gasteiger partial charge in [-0.1, -0.05) is 6.08 Å². The number of carbonyl (C=O) groups is 1. The zero-order valence-electron chi connectivity index (χ0n) is 4.95. The molecule has 0 aromatic rings. The van der Waals surface area contributed by atoms with Crippen LogP contribution in [-0.2, 0) is 4.79 Å². The number of aldehydes is 1. The van der Waals surface area contributed by atoms with Crippen LogP contribution in [0.3, 0.4) is 0 Å². The summed E-state index contributed by atoms with van der Waals surface area (Å²) in [5, 5.41) is 8.78. The van der Waals surface area contributed by atoms with Crippen LogP contribution in [0.4, 0.5) is 0 Å². The molecule has 1 aliphatic rings. The smallest absolute Gasteiger partial charge is 0.127 e. The first-order valence-corrected chi connectivity index (χ1v) is 2.85. The third-order valence-electron chi connectivity index (χ3n) is 1.29. The number of aliphatic hydroxyl groups is 1. The van der Waals surface area contributed by atoms with Crippen LogP contribution in [-0.4, -0.2) is 11.4 Å². The molecule has 1 aliphatic carbocycles. The number of hydrogen-bond donors (Lipinski definition) is 1. The molecule has 0 amide bonds. The van der Waals surface area contributed by atoms with Crippen LogP contribution in [0.5, 0.6) is 0 Å². The fourth-order valence-electron chi connectivity index (χ4n) is 0.727. The largest absolute Gasteiger partial charge is 0.508 e. The van der Waals surface area contributed by atoms with E-state index in [1.54, 1.807) is 18.2 Å². The minimum atomic E-state index is -0.0269. The second kappa shape index (κ2) is 2.49. The molecule has 0 bridgehead atoms. The lowest BCUT2D eigenvalue weighted by Gasteiger charge is -2.04. The number of hydrogen-bond acceptors (Lipinski definition) is 2. The van der Waals surface area contributed by atoms with Gasteiger partial charge in [0.15, 0.2) is 0 Å². The van der Waals surface area contributed by atoms with Crippen LogP contribution in [0.1, 0.15) is 6.42 Å². The van der Waals surface area contributed by atoms with Crippen molar-refractivity contribution in [3.8, 4) is 0 Å². The molecule has 9 heavy (non-hydrogen) atoms. The van der Waals surface area contributed by atoms with E-state index in [0.29, 0.717) is 6.42 Å². The van der Waals surface area contributed by atoms with Gasteiger partial charge in [0, 0.05) is 5.92 Å². The molecule has 0 aromatic heterocycles. The summed E-state index contributed by atoms with van der Waals surface area (Å²) in [6.07, 6.45) is 6.38. The third kappa shape index (κ3) is 1.42. The summed E-state index contributed by atoms with van der Waals surface area (Å²) in [5.74, 6) is 0.231. The lowest BCUT2D eigenvalue weighted by atomic mass is 10.0. The van der Waals surface area contributed by atoms with Gasteiger partial charge >= 0.3 is 0 Å². The first kappa shape index (κ1) is 6.08. The van der Waals surface area contributed by atoms with E-state index in [9.17, 15) is 4.79 Å². The summed E-state index contributed by atoms with van der Waals surface area (Å²) in [5.41, 5.74) is 0. The highest BCUT2D eigenvalue weighted by atomic mass is 16.3. The molecule has 2 heteroatoms. The van der Waals surface area contributed by atoms with Crippen molar-refractivity contribution in [1.82, 2.24) is 0 Å². The maximum absolute atomic E-state index is 10.1. The Morgan fingerprint density at radius 3 is 3.00 bits per heavy atom. The Bertz CT molecular complexity index is 168. The van der Waals surface area contributed by atoms with Gasteiger partial charge in [-0.3, -0.25) is 0 Å². The Balaban J connectivity index is 2.58. The zero-order chi connectivity index (χ0) is 6.69. The summed E-state index contributed by atoms with van der Waals surface area (Å²) in [4.78, 5) is 10.1. The van der Waals surface area contributed by atoms with Gasteiger partial charge in [-0.25, -0.2) is 0 Å². The maximum Gasteiger partial charge on any atom is 0.127 e. The molecule has 1 rings (SSSR count). The minimum Gasteiger partial charge on any atom is -0.508 e. The van der Waals surface area contributed by atoms with Crippen molar-refractivity contribution in [2.24, 2.45) is 5.92 Å². The topological polar surface area (TPSA) is 37.3 Å². The molecule has 0 aromatic carbocycles. The predicted molar refractivity (Wildman–Crippen MR) is 34.0 cm³/mol. The van der Waals surface area contributed by atoms with E-state index >= 15 is 0 Å². The highest BCUT2D eigenvalue weighted by Crippen LogP contribution is 2.11. The fourth-order valence-corrected chi connectivity index (χ4v) is 0.727. The van der Waals surface area contributed by atoms with Crippen molar-refractivity contribution >= 4 is 6.29 Å². The molecule has 0 saturated carbocycles. The van der Waals surface area contributed by atoms with Gasteiger partial charge in [0.2, 0.25) is 0 Å². The average Bonchev–Trinajstić information content (AvgIpc) is 1.90. The number of aliphatic hydroxyl groups excluding tert-OH is 1. The van der Waals surface area contributed by atoms with Crippen molar-refractivity contribution < 1.29 is 9.90 Å². The molecule has 0 heterocycles. The van der Waals surface area contributed by atoms with Crippen molar-refractivity contribution in [3.05, 3.63) is 24.0 Å². The van der Waals surface area contributed by atoms with E-state index in [2.05, 4.69) is 0 Å². The Labute approximate surface area is 53.5 Å². The molecule has 0 fully saturated rings. The first-order valence-electron chi connectivity index (χ1n) is 2.85. The summed E-state index contributed by atoms with van der Waals surface area (Å²) in [6, 6.07) is 0. The highest BCUT2D eigenvalue weighted by Gasteiger charge is 2.04. The van der Waals surface area contributed by atoms with E-state index in [0.717, 1.165) is 6.29 Å². The van der Waals surface area contributed by atoms with Crippen molar-refractivity contribution in [3.63, 3.8) is 0 Å². The second-order valence-electron chi connectivity index (χ2n) is 2.02. The van der Waals surface area contributed by atoms with E-state index in [4.69, 9.17) is 5.11 Å². The SMILES string of the molecule is O=CC1C=CC(O)=CC1. The number of carbonyl (C=O) groups excluding carboxylic acids is 1. The van der Waals surface area contributed by atoms with Crippen LogP contribution < -0.4 is 0 Å². The second-order valence-corrected chi connectivity index (χ2v) is 2.02. The Hall–Kier alpha value is -1.05. The van der Waals surface area contributed by atoms with Gasteiger partial charge in [-0.2, -0.15) is 0 Å². The van der Waals surface area contributed by atoms with E-state index in [1.165, 1.54) is 0 Å². The molecular formula is C7H8O2. The van der Waals surface area contributed by atoms with E-state index < -0.39 is 0 Å². The maximum atomic E-state index is 10.1. The average molecular weight is 124 g/mol. The normalized spacial score (nSPS) is 25.3. The zero-order valence-corrected chi connectivity index (χ0v) is 4.95. The highest BCUT2D eigenvalue weighted by molar-refractivity contribution is 5.58. The molecule has 1 atom stereocenters. The van der Waals surface area contributed by atoms with Gasteiger partial charge in [-0.15, -0.1) is 0 Å². The summed E-state index contributed by atoms with van der Waals surface area (Å²) in [6.45, 7) is 0. The molecule has 2 nitrogen and oxygen atoms in total. The lowest BCUT2D eigenvalue weighted by Crippen LogP contribution is -1.99. The quantitative estimate of drug-likeness (QED) is 0.533. The third-order valence-corrected chi connectivity index (χ3v) is 1.29. The predicted octanol–water partition coefficient (Wildman–Crippen LogP) is 1.20. The van der Waals surface area contributed by atoms with Crippen LogP contribution >= 0.6 is 0 Å². The van der Waals surface area contributed by atoms with Crippen molar-refractivity contribution in [2.75, 3.05) is 0 Å². The molecule has 0 radical (unpaired) electrons. The minimum absolute atomic E-state index is 0.0269. The molecule has 48 valence electrons. The van der Waals surface area contributed by atoms with Crippen LogP contribution in [0, 0.1) is 5.92 Å². The number of rotatable bonds is 1. The van der Waals surface area contributed by atoms with Gasteiger partial charge in [0.05, 0.1) is 0 Å². The van der Waals surface area contributed by atoms with E-state index in [-0.39, 0.29) is 11.7 Å². The van der Waals surface area contributed by atoms with Crippen molar-refractivity contribution in [2.45, 2.75) is 6.42 Å². The first-order chi connectivity index (χ1) is 4.33. The monoisotopic (exact) mass is 124 g/mol. The molecular weight excluding hydrogens is 116 g/mol. The van der Waals surface area contributed by atoms with E-state index in [1.807, 2.05) is 0 Å². The van der Waals surface area contributed by atoms with Gasteiger partial charge in [0.25, 0.3) is 0 Å². The van der Waals surface area contributed by atoms with Crippen molar-refractivity contribution in [1.29, 1.82) is 0 Å². The summed E-state index contributed by atoms with van der Waals surface area (Å²) < 4.78 is 0. The van der Waals surface area contributed by atoms with Gasteiger partial charge < -0.3 is 9.90 Å². The van der Waals surface area contributed by atoms with Gasteiger partial charge in [-0.05, 0) is 18.6 Å². The Kier molecular flexibility index (Phi) is 1.68. The molecule has 0 aliphatic heterocycles. The standard InChI is InChI=1S/C7H8O2/c8-5-6-1-3-7(9)4-2-6/h1,3-6,9H,2H2. The summed E-state index contributed by atoms with van der Waals surface area (Å²) >= 11 is 0. The fraction of sp³-hybridized carbons (Fsp3) is 0.286. The Morgan fingerprint density at radius 1 is 1.78 bits per heavy atom. The molecule has 0 spiro atoms. The summed E-state index contributed by atoms with van der Waals surface area (Å²) in [7, 11) is 0. The molecule has 0 saturated heterocycles. The number of allylic oxidation sites excluding steroid dienone is 3. The van der Waals surface area contributed by atoms with Crippen LogP contribution in [0.15, 0.2) is 24.0 Å².